The third-order valence-corrected chi connectivity index (χ3v) is 4.38. The maximum Gasteiger partial charge on any atom is 0.161 e. The van der Waals surface area contributed by atoms with Crippen molar-refractivity contribution in [3.8, 4) is 11.4 Å². The molecular formula is C16H19ClIN3. The third-order valence-electron chi connectivity index (χ3n) is 3.07. The molecule has 3 nitrogen and oxygen atoms in total. The van der Waals surface area contributed by atoms with Crippen molar-refractivity contribution in [1.82, 2.24) is 9.97 Å². The summed E-state index contributed by atoms with van der Waals surface area (Å²) < 4.78 is 1.11. The quantitative estimate of drug-likeness (QED) is 0.669. The summed E-state index contributed by atoms with van der Waals surface area (Å²) in [7, 11) is 0. The molecule has 0 saturated carbocycles. The van der Waals surface area contributed by atoms with E-state index >= 15 is 0 Å². The van der Waals surface area contributed by atoms with Gasteiger partial charge in [0.1, 0.15) is 5.82 Å². The lowest BCUT2D eigenvalue weighted by Crippen LogP contribution is -2.10. The predicted molar refractivity (Wildman–Crippen MR) is 98.1 cm³/mol. The monoisotopic (exact) mass is 415 g/mol. The van der Waals surface area contributed by atoms with Crippen molar-refractivity contribution >= 4 is 40.0 Å². The van der Waals surface area contributed by atoms with Crippen molar-refractivity contribution < 1.29 is 0 Å². The average Bonchev–Trinajstić information content (AvgIpc) is 2.47. The fourth-order valence-electron chi connectivity index (χ4n) is 1.94. The smallest absolute Gasteiger partial charge is 0.161 e. The third kappa shape index (κ3) is 4.07. The van der Waals surface area contributed by atoms with E-state index in [1.807, 2.05) is 24.3 Å². The van der Waals surface area contributed by atoms with Gasteiger partial charge in [0.15, 0.2) is 5.82 Å². The summed E-state index contributed by atoms with van der Waals surface area (Å²) in [5, 5.41) is 4.11. The zero-order chi connectivity index (χ0) is 15.4. The molecule has 0 atom stereocenters. The fourth-order valence-corrected chi connectivity index (χ4v) is 3.12. The van der Waals surface area contributed by atoms with Crippen LogP contribution >= 0.6 is 34.2 Å². The lowest BCUT2D eigenvalue weighted by Gasteiger charge is -2.15. The van der Waals surface area contributed by atoms with Crippen LogP contribution in [0.15, 0.2) is 24.3 Å². The van der Waals surface area contributed by atoms with Gasteiger partial charge < -0.3 is 5.32 Å². The van der Waals surface area contributed by atoms with Gasteiger partial charge in [0.2, 0.25) is 0 Å². The Bertz CT molecular complexity index is 612. The normalized spacial score (nSPS) is 11.0. The number of hydrogen-bond donors (Lipinski definition) is 1. The number of rotatable bonds is 5. The first-order valence-corrected chi connectivity index (χ1v) is 8.55. The first kappa shape index (κ1) is 16.5. The molecule has 1 heterocycles. The largest absolute Gasteiger partial charge is 0.369 e. The van der Waals surface area contributed by atoms with E-state index in [1.165, 1.54) is 0 Å². The van der Waals surface area contributed by atoms with Crippen LogP contribution in [0.5, 0.6) is 0 Å². The summed E-state index contributed by atoms with van der Waals surface area (Å²) in [6, 6.07) is 7.65. The summed E-state index contributed by atoms with van der Waals surface area (Å²) in [5.41, 5.74) is 2.06. The number of aromatic nitrogens is 2. The van der Waals surface area contributed by atoms with Gasteiger partial charge >= 0.3 is 0 Å². The summed E-state index contributed by atoms with van der Waals surface area (Å²) in [5.74, 6) is 2.02. The topological polar surface area (TPSA) is 37.8 Å². The number of benzene rings is 1. The summed E-state index contributed by atoms with van der Waals surface area (Å²) in [6.07, 6.45) is 1.06. The van der Waals surface area contributed by atoms with E-state index in [1.54, 1.807) is 0 Å². The van der Waals surface area contributed by atoms with Gasteiger partial charge in [0.25, 0.3) is 0 Å². The van der Waals surface area contributed by atoms with E-state index in [0.717, 1.165) is 44.5 Å². The van der Waals surface area contributed by atoms with Crippen molar-refractivity contribution in [1.29, 1.82) is 0 Å². The maximum atomic E-state index is 5.95. The molecule has 2 aromatic rings. The van der Waals surface area contributed by atoms with Gasteiger partial charge in [0.05, 0.1) is 9.26 Å². The Labute approximate surface area is 144 Å². The van der Waals surface area contributed by atoms with Crippen LogP contribution in [0.4, 0.5) is 5.82 Å². The average molecular weight is 416 g/mol. The molecule has 1 aromatic carbocycles. The zero-order valence-electron chi connectivity index (χ0n) is 12.5. The van der Waals surface area contributed by atoms with Gasteiger partial charge in [0, 0.05) is 17.1 Å². The lowest BCUT2D eigenvalue weighted by atomic mass is 10.1. The second-order valence-corrected chi connectivity index (χ2v) is 6.70. The van der Waals surface area contributed by atoms with Crippen LogP contribution in [0.3, 0.4) is 0 Å². The summed E-state index contributed by atoms with van der Waals surface area (Å²) >= 11 is 8.28. The molecule has 0 aliphatic rings. The van der Waals surface area contributed by atoms with Gasteiger partial charge in [-0.25, -0.2) is 9.97 Å². The van der Waals surface area contributed by atoms with Crippen molar-refractivity contribution in [2.75, 3.05) is 11.9 Å². The van der Waals surface area contributed by atoms with Crippen molar-refractivity contribution in [3.05, 3.63) is 38.6 Å². The Kier molecular flexibility index (Phi) is 5.81. The Hall–Kier alpha value is -0.880. The molecular weight excluding hydrogens is 397 g/mol. The van der Waals surface area contributed by atoms with Crippen LogP contribution in [-0.2, 0) is 0 Å². The Morgan fingerprint density at radius 2 is 1.86 bits per heavy atom. The second-order valence-electron chi connectivity index (χ2n) is 5.18. The Morgan fingerprint density at radius 3 is 2.43 bits per heavy atom. The molecule has 21 heavy (non-hydrogen) atoms. The molecule has 0 aliphatic carbocycles. The molecule has 1 aromatic heterocycles. The summed E-state index contributed by atoms with van der Waals surface area (Å²) in [4.78, 5) is 9.42. The van der Waals surface area contributed by atoms with Crippen LogP contribution in [0.1, 0.15) is 38.8 Å². The molecule has 5 heteroatoms. The Morgan fingerprint density at radius 1 is 1.19 bits per heavy atom. The lowest BCUT2D eigenvalue weighted by molar-refractivity contribution is 0.807. The van der Waals surface area contributed by atoms with E-state index in [0.29, 0.717) is 5.92 Å². The number of hydrogen-bond acceptors (Lipinski definition) is 3. The van der Waals surface area contributed by atoms with Gasteiger partial charge in [-0.1, -0.05) is 32.4 Å². The van der Waals surface area contributed by atoms with Crippen molar-refractivity contribution in [2.45, 2.75) is 33.1 Å². The minimum Gasteiger partial charge on any atom is -0.369 e. The van der Waals surface area contributed by atoms with Gasteiger partial charge in [-0.3, -0.25) is 0 Å². The van der Waals surface area contributed by atoms with Crippen molar-refractivity contribution in [3.63, 3.8) is 0 Å². The highest BCUT2D eigenvalue weighted by molar-refractivity contribution is 14.1. The minimum absolute atomic E-state index is 0.355. The molecule has 2 rings (SSSR count). The van der Waals surface area contributed by atoms with Crippen molar-refractivity contribution in [2.24, 2.45) is 0 Å². The van der Waals surface area contributed by atoms with Crippen LogP contribution < -0.4 is 5.32 Å². The molecule has 0 radical (unpaired) electrons. The highest BCUT2D eigenvalue weighted by Gasteiger charge is 2.15. The molecule has 1 N–H and O–H groups in total. The fraction of sp³-hybridized carbons (Fsp3) is 0.375. The number of halogens is 2. The summed E-state index contributed by atoms with van der Waals surface area (Å²) in [6.45, 7) is 7.36. The van der Waals surface area contributed by atoms with E-state index in [2.05, 4.69) is 53.7 Å². The van der Waals surface area contributed by atoms with E-state index in [-0.39, 0.29) is 0 Å². The highest BCUT2D eigenvalue weighted by atomic mass is 127. The van der Waals surface area contributed by atoms with Crippen LogP contribution in [0.2, 0.25) is 5.02 Å². The minimum atomic E-state index is 0.355. The zero-order valence-corrected chi connectivity index (χ0v) is 15.4. The van der Waals surface area contributed by atoms with Gasteiger partial charge in [-0.15, -0.1) is 0 Å². The first-order valence-electron chi connectivity index (χ1n) is 7.10. The van der Waals surface area contributed by atoms with Gasteiger partial charge in [-0.2, -0.15) is 0 Å². The molecule has 0 spiro atoms. The second kappa shape index (κ2) is 7.40. The highest BCUT2D eigenvalue weighted by Crippen LogP contribution is 2.28. The predicted octanol–water partition coefficient (Wildman–Crippen LogP) is 5.35. The van der Waals surface area contributed by atoms with E-state index in [9.17, 15) is 0 Å². The molecule has 0 saturated heterocycles. The standard InChI is InChI=1S/C16H19ClIN3/c1-4-9-19-16-13(18)14(10(2)3)20-15(21-16)11-5-7-12(17)8-6-11/h5-8,10H,4,9H2,1-3H3,(H,19,20,21). The Balaban J connectivity index is 2.50. The SMILES string of the molecule is CCCNc1nc(-c2ccc(Cl)cc2)nc(C(C)C)c1I. The molecule has 0 amide bonds. The molecule has 0 aliphatic heterocycles. The number of nitrogens with one attached hydrogen (secondary N) is 1. The maximum absolute atomic E-state index is 5.95. The van der Waals surface area contributed by atoms with Crippen LogP contribution in [0, 0.1) is 3.57 Å². The van der Waals surface area contributed by atoms with Gasteiger partial charge in [-0.05, 0) is 59.2 Å². The molecule has 0 fully saturated rings. The van der Waals surface area contributed by atoms with E-state index in [4.69, 9.17) is 16.6 Å². The number of nitrogens with zero attached hydrogens (tertiary/aromatic N) is 2. The molecule has 0 unspecified atom stereocenters. The number of anilines is 1. The van der Waals surface area contributed by atoms with Crippen LogP contribution in [0.25, 0.3) is 11.4 Å². The molecule has 0 bridgehead atoms. The first-order chi connectivity index (χ1) is 10.0. The van der Waals surface area contributed by atoms with Crippen LogP contribution in [-0.4, -0.2) is 16.5 Å². The molecule has 112 valence electrons. The van der Waals surface area contributed by atoms with E-state index < -0.39 is 0 Å².